The minimum Gasteiger partial charge on any atom is -0.374 e. The first-order valence-electron chi connectivity index (χ1n) is 6.94. The Morgan fingerprint density at radius 3 is 1.59 bits per heavy atom. The van der Waals surface area contributed by atoms with E-state index in [1.165, 1.54) is 5.56 Å². The van der Waals surface area contributed by atoms with Gasteiger partial charge in [-0.2, -0.15) is 0 Å². The van der Waals surface area contributed by atoms with Crippen molar-refractivity contribution in [2.24, 2.45) is 0 Å². The molecule has 1 rings (SSSR count). The predicted octanol–water partition coefficient (Wildman–Crippen LogP) is 5.69. The fourth-order valence-electron chi connectivity index (χ4n) is 0.837. The molecule has 0 radical (unpaired) electrons. The molecule has 0 aliphatic heterocycles. The van der Waals surface area contributed by atoms with Gasteiger partial charge in [-0.1, -0.05) is 71.9 Å². The minimum absolute atomic E-state index is 0.315. The molecule has 0 aliphatic carbocycles. The smallest absolute Gasteiger partial charge is 0.0720 e. The van der Waals surface area contributed by atoms with Crippen molar-refractivity contribution in [3.63, 3.8) is 0 Å². The number of hydrogen-bond acceptors (Lipinski definition) is 1. The Labute approximate surface area is 109 Å². The summed E-state index contributed by atoms with van der Waals surface area (Å²) in [6.45, 7) is 16.8. The molecule has 0 atom stereocenters. The maximum absolute atomic E-state index is 5.43. The molecule has 17 heavy (non-hydrogen) atoms. The minimum atomic E-state index is 0.315. The van der Waals surface area contributed by atoms with Crippen molar-refractivity contribution in [2.75, 3.05) is 0 Å². The van der Waals surface area contributed by atoms with Crippen LogP contribution in [0.5, 0.6) is 0 Å². The third-order valence-electron chi connectivity index (χ3n) is 1.43. The Morgan fingerprint density at radius 2 is 1.24 bits per heavy atom. The van der Waals surface area contributed by atoms with E-state index in [1.807, 2.05) is 73.6 Å². The Morgan fingerprint density at radius 1 is 0.824 bits per heavy atom. The van der Waals surface area contributed by atoms with Crippen LogP contribution in [0.25, 0.3) is 0 Å². The van der Waals surface area contributed by atoms with Gasteiger partial charge in [0.15, 0.2) is 0 Å². The van der Waals surface area contributed by atoms with Gasteiger partial charge in [0.05, 0.1) is 12.7 Å². The largest absolute Gasteiger partial charge is 0.374 e. The SMILES string of the molecule is CC.CC.CC.CC(C)OCc1ccccc1. The molecular weight excluding hydrogens is 208 g/mol. The molecule has 0 saturated heterocycles. The number of ether oxygens (including phenoxy) is 1. The standard InChI is InChI=1S/C10H14O.3C2H6/c1-9(2)11-8-10-6-4-3-5-7-10;3*1-2/h3-7,9H,8H2,1-2H3;3*1-2H3. The molecule has 1 nitrogen and oxygen atoms in total. The van der Waals surface area contributed by atoms with Crippen molar-refractivity contribution >= 4 is 0 Å². The molecule has 0 saturated carbocycles. The Hall–Kier alpha value is -0.820. The summed E-state index contributed by atoms with van der Waals surface area (Å²) in [4.78, 5) is 0. The monoisotopic (exact) mass is 240 g/mol. The van der Waals surface area contributed by atoms with E-state index >= 15 is 0 Å². The van der Waals surface area contributed by atoms with Gasteiger partial charge >= 0.3 is 0 Å². The summed E-state index contributed by atoms with van der Waals surface area (Å²) in [6, 6.07) is 10.2. The summed E-state index contributed by atoms with van der Waals surface area (Å²) >= 11 is 0. The zero-order valence-corrected chi connectivity index (χ0v) is 13.1. The molecule has 0 unspecified atom stereocenters. The molecule has 0 bridgehead atoms. The van der Waals surface area contributed by atoms with Crippen molar-refractivity contribution in [3.8, 4) is 0 Å². The van der Waals surface area contributed by atoms with Crippen LogP contribution in [0.1, 0.15) is 61.0 Å². The summed E-state index contributed by atoms with van der Waals surface area (Å²) in [6.07, 6.45) is 0.315. The van der Waals surface area contributed by atoms with Crippen LogP contribution in [0.15, 0.2) is 30.3 Å². The Kier molecular flexibility index (Phi) is 26.0. The summed E-state index contributed by atoms with van der Waals surface area (Å²) in [5.41, 5.74) is 1.24. The molecule has 102 valence electrons. The zero-order valence-electron chi connectivity index (χ0n) is 13.1. The lowest BCUT2D eigenvalue weighted by Gasteiger charge is -2.06. The molecule has 0 spiro atoms. The second-order valence-corrected chi connectivity index (χ2v) is 2.85. The van der Waals surface area contributed by atoms with Gasteiger partial charge in [-0.05, 0) is 19.4 Å². The third kappa shape index (κ3) is 17.8. The maximum atomic E-state index is 5.43. The molecular formula is C16H32O. The molecule has 1 aromatic rings. The number of rotatable bonds is 3. The Bertz CT molecular complexity index is 192. The van der Waals surface area contributed by atoms with Crippen LogP contribution in [-0.4, -0.2) is 6.10 Å². The van der Waals surface area contributed by atoms with Crippen LogP contribution in [0.4, 0.5) is 0 Å². The lowest BCUT2D eigenvalue weighted by atomic mass is 10.2. The van der Waals surface area contributed by atoms with E-state index in [0.717, 1.165) is 6.61 Å². The fraction of sp³-hybridized carbons (Fsp3) is 0.625. The molecule has 0 amide bonds. The lowest BCUT2D eigenvalue weighted by Crippen LogP contribution is -2.01. The molecule has 1 heteroatoms. The van der Waals surface area contributed by atoms with E-state index in [-0.39, 0.29) is 0 Å². The predicted molar refractivity (Wildman–Crippen MR) is 80.4 cm³/mol. The van der Waals surface area contributed by atoms with Crippen LogP contribution in [0.3, 0.4) is 0 Å². The molecule has 0 N–H and O–H groups in total. The first-order chi connectivity index (χ1) is 8.29. The molecule has 0 aromatic heterocycles. The summed E-state index contributed by atoms with van der Waals surface area (Å²) < 4.78 is 5.43. The first kappa shape index (κ1) is 21.5. The Balaban J connectivity index is -0.000000285. The van der Waals surface area contributed by atoms with E-state index in [0.29, 0.717) is 6.10 Å². The highest BCUT2D eigenvalue weighted by Crippen LogP contribution is 2.02. The van der Waals surface area contributed by atoms with E-state index in [9.17, 15) is 0 Å². The zero-order chi connectivity index (χ0) is 14.1. The molecule has 0 fully saturated rings. The van der Waals surface area contributed by atoms with Gasteiger partial charge in [-0.25, -0.2) is 0 Å². The van der Waals surface area contributed by atoms with Crippen molar-refractivity contribution in [2.45, 2.75) is 68.1 Å². The summed E-state index contributed by atoms with van der Waals surface area (Å²) in [7, 11) is 0. The number of hydrogen-bond donors (Lipinski definition) is 0. The van der Waals surface area contributed by atoms with E-state index in [4.69, 9.17) is 4.74 Å². The molecule has 0 aliphatic rings. The van der Waals surface area contributed by atoms with Crippen molar-refractivity contribution in [3.05, 3.63) is 35.9 Å². The average molecular weight is 240 g/mol. The normalized spacial score (nSPS) is 7.82. The number of benzene rings is 1. The first-order valence-corrected chi connectivity index (χ1v) is 6.94. The van der Waals surface area contributed by atoms with Gasteiger partial charge < -0.3 is 4.74 Å². The van der Waals surface area contributed by atoms with E-state index in [2.05, 4.69) is 12.1 Å². The van der Waals surface area contributed by atoms with Crippen molar-refractivity contribution in [1.82, 2.24) is 0 Å². The summed E-state index contributed by atoms with van der Waals surface area (Å²) in [5.74, 6) is 0. The quantitative estimate of drug-likeness (QED) is 0.659. The molecule has 1 aromatic carbocycles. The third-order valence-corrected chi connectivity index (χ3v) is 1.43. The van der Waals surface area contributed by atoms with E-state index < -0.39 is 0 Å². The van der Waals surface area contributed by atoms with Gasteiger partial charge in [0, 0.05) is 0 Å². The van der Waals surface area contributed by atoms with Gasteiger partial charge in [0.1, 0.15) is 0 Å². The topological polar surface area (TPSA) is 9.23 Å². The van der Waals surface area contributed by atoms with Gasteiger partial charge in [-0.3, -0.25) is 0 Å². The van der Waals surface area contributed by atoms with E-state index in [1.54, 1.807) is 0 Å². The van der Waals surface area contributed by atoms with Crippen LogP contribution >= 0.6 is 0 Å². The van der Waals surface area contributed by atoms with Gasteiger partial charge in [0.2, 0.25) is 0 Å². The van der Waals surface area contributed by atoms with Crippen molar-refractivity contribution < 1.29 is 4.74 Å². The lowest BCUT2D eigenvalue weighted by molar-refractivity contribution is 0.0657. The second kappa shape index (κ2) is 20.6. The highest BCUT2D eigenvalue weighted by atomic mass is 16.5. The van der Waals surface area contributed by atoms with Gasteiger partial charge in [0.25, 0.3) is 0 Å². The highest BCUT2D eigenvalue weighted by Gasteiger charge is 1.93. The summed E-state index contributed by atoms with van der Waals surface area (Å²) in [5, 5.41) is 0. The maximum Gasteiger partial charge on any atom is 0.0720 e. The van der Waals surface area contributed by atoms with Crippen LogP contribution in [0.2, 0.25) is 0 Å². The average Bonchev–Trinajstić information content (AvgIpc) is 2.44. The fourth-order valence-corrected chi connectivity index (χ4v) is 0.837. The van der Waals surface area contributed by atoms with Crippen molar-refractivity contribution in [1.29, 1.82) is 0 Å². The second-order valence-electron chi connectivity index (χ2n) is 2.85. The van der Waals surface area contributed by atoms with Gasteiger partial charge in [-0.15, -0.1) is 0 Å². The highest BCUT2D eigenvalue weighted by molar-refractivity contribution is 5.13. The van der Waals surface area contributed by atoms with Crippen LogP contribution < -0.4 is 0 Å². The van der Waals surface area contributed by atoms with Crippen LogP contribution in [-0.2, 0) is 11.3 Å². The molecule has 0 heterocycles. The van der Waals surface area contributed by atoms with Crippen LogP contribution in [0, 0.1) is 0 Å².